The Balaban J connectivity index is 1.52. The normalized spacial score (nSPS) is 18.8. The van der Waals surface area contributed by atoms with Gasteiger partial charge >= 0.3 is 0 Å². The highest BCUT2D eigenvalue weighted by Crippen LogP contribution is 2.28. The van der Waals surface area contributed by atoms with Crippen molar-refractivity contribution in [2.24, 2.45) is 4.99 Å². The van der Waals surface area contributed by atoms with E-state index >= 15 is 0 Å². The summed E-state index contributed by atoms with van der Waals surface area (Å²) in [4.78, 5) is 20.5. The molecule has 2 heterocycles. The van der Waals surface area contributed by atoms with Crippen molar-refractivity contribution in [3.8, 4) is 0 Å². The van der Waals surface area contributed by atoms with E-state index in [0.29, 0.717) is 18.5 Å². The number of hydrogen-bond acceptors (Lipinski definition) is 5. The summed E-state index contributed by atoms with van der Waals surface area (Å²) >= 11 is 0. The number of carbonyl (C=O) groups excluding carboxylic acids is 1. The van der Waals surface area contributed by atoms with Gasteiger partial charge in [0.15, 0.2) is 5.96 Å². The van der Waals surface area contributed by atoms with E-state index in [4.69, 9.17) is 9.84 Å². The zero-order valence-corrected chi connectivity index (χ0v) is 17.8. The van der Waals surface area contributed by atoms with Crippen LogP contribution in [0.15, 0.2) is 17.3 Å². The standard InChI is InChI=1S/C20H35N7O2/c1-25(2)19(28)16-23-20(21-8-10-26-11-13-29-14-12-26)22-15-17-7-9-27(24-17)18-5-3-4-6-18/h7,9,18H,3-6,8,10-16H2,1-2H3,(H2,21,22,23). The Kier molecular flexibility index (Phi) is 8.30. The van der Waals surface area contributed by atoms with Crippen molar-refractivity contribution >= 4 is 11.9 Å². The number of aliphatic imine (C=N–C) groups is 1. The van der Waals surface area contributed by atoms with Crippen LogP contribution in [-0.2, 0) is 16.1 Å². The summed E-state index contributed by atoms with van der Waals surface area (Å²) < 4.78 is 7.48. The molecule has 0 unspecified atom stereocenters. The van der Waals surface area contributed by atoms with Gasteiger partial charge in [-0.25, -0.2) is 4.99 Å². The maximum atomic E-state index is 11.9. The summed E-state index contributed by atoms with van der Waals surface area (Å²) in [7, 11) is 3.50. The van der Waals surface area contributed by atoms with Crippen LogP contribution < -0.4 is 10.6 Å². The van der Waals surface area contributed by atoms with E-state index in [2.05, 4.69) is 31.4 Å². The summed E-state index contributed by atoms with van der Waals surface area (Å²) in [5.74, 6) is 0.655. The number of amides is 1. The molecule has 1 aliphatic carbocycles. The van der Waals surface area contributed by atoms with E-state index in [1.54, 1.807) is 19.0 Å². The van der Waals surface area contributed by atoms with Gasteiger partial charge in [-0.05, 0) is 18.9 Å². The maximum absolute atomic E-state index is 11.9. The lowest BCUT2D eigenvalue weighted by molar-refractivity contribution is -0.127. The molecule has 1 amide bonds. The molecular weight excluding hydrogens is 370 g/mol. The highest BCUT2D eigenvalue weighted by atomic mass is 16.5. The molecule has 1 saturated carbocycles. The summed E-state index contributed by atoms with van der Waals surface area (Å²) in [5, 5.41) is 11.2. The minimum atomic E-state index is 0.0122. The highest BCUT2D eigenvalue weighted by Gasteiger charge is 2.17. The molecule has 0 spiro atoms. The number of hydrogen-bond donors (Lipinski definition) is 2. The molecule has 9 heteroatoms. The van der Waals surface area contributed by atoms with E-state index in [1.807, 2.05) is 6.07 Å². The molecule has 0 atom stereocenters. The van der Waals surface area contributed by atoms with Crippen LogP contribution in [0.1, 0.15) is 37.4 Å². The average Bonchev–Trinajstić information content (AvgIpc) is 3.41. The molecule has 0 aromatic carbocycles. The third kappa shape index (κ3) is 7.01. The third-order valence-corrected chi connectivity index (χ3v) is 5.49. The first-order valence-corrected chi connectivity index (χ1v) is 10.7. The Morgan fingerprint density at radius 2 is 2.03 bits per heavy atom. The van der Waals surface area contributed by atoms with E-state index in [1.165, 1.54) is 25.7 Å². The van der Waals surface area contributed by atoms with Gasteiger partial charge in [0.2, 0.25) is 5.91 Å². The van der Waals surface area contributed by atoms with Gasteiger partial charge < -0.3 is 20.3 Å². The first-order chi connectivity index (χ1) is 14.1. The average molecular weight is 406 g/mol. The Morgan fingerprint density at radius 3 is 2.76 bits per heavy atom. The van der Waals surface area contributed by atoms with Gasteiger partial charge in [0, 0.05) is 46.5 Å². The van der Waals surface area contributed by atoms with Crippen molar-refractivity contribution in [2.45, 2.75) is 38.3 Å². The fourth-order valence-electron chi connectivity index (χ4n) is 3.64. The molecule has 0 radical (unpaired) electrons. The van der Waals surface area contributed by atoms with Gasteiger partial charge in [-0.1, -0.05) is 12.8 Å². The number of guanidine groups is 1. The van der Waals surface area contributed by atoms with Gasteiger partial charge in [0.1, 0.15) is 0 Å². The van der Waals surface area contributed by atoms with Gasteiger partial charge in [-0.15, -0.1) is 0 Å². The van der Waals surface area contributed by atoms with Crippen LogP contribution in [0.25, 0.3) is 0 Å². The lowest BCUT2D eigenvalue weighted by Gasteiger charge is -2.26. The summed E-state index contributed by atoms with van der Waals surface area (Å²) in [5.41, 5.74) is 0.949. The van der Waals surface area contributed by atoms with E-state index < -0.39 is 0 Å². The van der Waals surface area contributed by atoms with Crippen molar-refractivity contribution < 1.29 is 9.53 Å². The number of nitrogens with zero attached hydrogens (tertiary/aromatic N) is 5. The number of likely N-dealkylation sites (N-methyl/N-ethyl adjacent to an activating group) is 1. The van der Waals surface area contributed by atoms with Crippen LogP contribution >= 0.6 is 0 Å². The van der Waals surface area contributed by atoms with Crippen molar-refractivity contribution in [1.82, 2.24) is 30.2 Å². The van der Waals surface area contributed by atoms with Gasteiger partial charge in [-0.2, -0.15) is 5.10 Å². The quantitative estimate of drug-likeness (QED) is 0.483. The lowest BCUT2D eigenvalue weighted by atomic mass is 10.3. The molecular formula is C20H35N7O2. The number of aromatic nitrogens is 2. The minimum absolute atomic E-state index is 0.0122. The smallest absolute Gasteiger partial charge is 0.241 e. The van der Waals surface area contributed by atoms with E-state index in [-0.39, 0.29) is 12.5 Å². The molecule has 2 aliphatic rings. The molecule has 2 N–H and O–H groups in total. The first kappa shape index (κ1) is 21.6. The molecule has 1 aliphatic heterocycles. The van der Waals surface area contributed by atoms with E-state index in [0.717, 1.165) is 45.1 Å². The Labute approximate surface area is 173 Å². The maximum Gasteiger partial charge on any atom is 0.241 e. The Morgan fingerprint density at radius 1 is 1.28 bits per heavy atom. The molecule has 1 saturated heterocycles. The molecule has 3 rings (SSSR count). The van der Waals surface area contributed by atoms with Crippen LogP contribution in [0.4, 0.5) is 0 Å². The molecule has 0 bridgehead atoms. The number of rotatable bonds is 8. The minimum Gasteiger partial charge on any atom is -0.379 e. The molecule has 1 aromatic heterocycles. The number of carbonyl (C=O) groups is 1. The first-order valence-electron chi connectivity index (χ1n) is 10.7. The summed E-state index contributed by atoms with van der Waals surface area (Å²) in [6.45, 7) is 5.88. The van der Waals surface area contributed by atoms with Gasteiger partial charge in [-0.3, -0.25) is 14.4 Å². The predicted octanol–water partition coefficient (Wildman–Crippen LogP) is 0.454. The van der Waals surface area contributed by atoms with Crippen LogP contribution in [0.2, 0.25) is 0 Å². The van der Waals surface area contributed by atoms with Crippen molar-refractivity contribution in [3.63, 3.8) is 0 Å². The fourth-order valence-corrected chi connectivity index (χ4v) is 3.64. The van der Waals surface area contributed by atoms with E-state index in [9.17, 15) is 4.79 Å². The lowest BCUT2D eigenvalue weighted by Crippen LogP contribution is -2.46. The molecule has 162 valence electrons. The molecule has 2 fully saturated rings. The van der Waals surface area contributed by atoms with Crippen LogP contribution in [0.3, 0.4) is 0 Å². The zero-order chi connectivity index (χ0) is 20.5. The van der Waals surface area contributed by atoms with Crippen LogP contribution in [-0.4, -0.2) is 91.5 Å². The predicted molar refractivity (Wildman–Crippen MR) is 113 cm³/mol. The highest BCUT2D eigenvalue weighted by molar-refractivity contribution is 5.86. The summed E-state index contributed by atoms with van der Waals surface area (Å²) in [6.07, 6.45) is 7.08. The fraction of sp³-hybridized carbons (Fsp3) is 0.750. The second-order valence-corrected chi connectivity index (χ2v) is 7.91. The third-order valence-electron chi connectivity index (χ3n) is 5.49. The SMILES string of the molecule is CN(C)C(=O)CNC(=NCc1ccn(C2CCCC2)n1)NCCN1CCOCC1. The second kappa shape index (κ2) is 11.2. The van der Waals surface area contributed by atoms with Crippen LogP contribution in [0.5, 0.6) is 0 Å². The molecule has 1 aromatic rings. The number of morpholine rings is 1. The second-order valence-electron chi connectivity index (χ2n) is 7.91. The van der Waals surface area contributed by atoms with Crippen LogP contribution in [0, 0.1) is 0 Å². The Hall–Kier alpha value is -2.13. The van der Waals surface area contributed by atoms with Crippen molar-refractivity contribution in [3.05, 3.63) is 18.0 Å². The summed E-state index contributed by atoms with van der Waals surface area (Å²) in [6, 6.07) is 2.58. The molecule has 9 nitrogen and oxygen atoms in total. The number of ether oxygens (including phenoxy) is 1. The monoisotopic (exact) mass is 405 g/mol. The topological polar surface area (TPSA) is 87.0 Å². The zero-order valence-electron chi connectivity index (χ0n) is 17.8. The van der Waals surface area contributed by atoms with Crippen molar-refractivity contribution in [1.29, 1.82) is 0 Å². The Bertz CT molecular complexity index is 662. The van der Waals surface area contributed by atoms with Gasteiger partial charge in [0.05, 0.1) is 38.0 Å². The largest absolute Gasteiger partial charge is 0.379 e. The number of nitrogens with one attached hydrogen (secondary N) is 2. The van der Waals surface area contributed by atoms with Crippen molar-refractivity contribution in [2.75, 3.05) is 60.0 Å². The molecule has 29 heavy (non-hydrogen) atoms. The van der Waals surface area contributed by atoms with Gasteiger partial charge in [0.25, 0.3) is 0 Å².